The molecule has 0 aromatic heterocycles. The topological polar surface area (TPSA) is 21.6 Å². The molecule has 0 radical (unpaired) electrons. The van der Waals surface area contributed by atoms with Gasteiger partial charge in [-0.2, -0.15) is 0 Å². The number of rotatable bonds is 7. The van der Waals surface area contributed by atoms with Gasteiger partial charge in [-0.1, -0.05) is 32.9 Å². The maximum absolute atomic E-state index is 5.62. The molecular weight excluding hydrogens is 258 g/mol. The van der Waals surface area contributed by atoms with Crippen molar-refractivity contribution in [3.63, 3.8) is 0 Å². The van der Waals surface area contributed by atoms with Crippen LogP contribution in [0.3, 0.4) is 0 Å². The molecule has 0 aliphatic carbocycles. The molecule has 116 valence electrons. The summed E-state index contributed by atoms with van der Waals surface area (Å²) >= 11 is 0. The minimum Gasteiger partial charge on any atom is -0.494 e. The highest BCUT2D eigenvalue weighted by Crippen LogP contribution is 2.27. The molecule has 0 amide bonds. The van der Waals surface area contributed by atoms with Crippen LogP contribution in [0.2, 0.25) is 0 Å². The van der Waals surface area contributed by atoms with Gasteiger partial charge in [0.25, 0.3) is 0 Å². The largest absolute Gasteiger partial charge is 0.494 e. The molecule has 0 saturated heterocycles. The van der Waals surface area contributed by atoms with Crippen LogP contribution in [0.15, 0.2) is 34.8 Å². The van der Waals surface area contributed by atoms with Crippen molar-refractivity contribution in [2.24, 2.45) is 10.9 Å². The van der Waals surface area contributed by atoms with Gasteiger partial charge in [0.2, 0.25) is 0 Å². The quantitative estimate of drug-likeness (QED) is 0.586. The lowest BCUT2D eigenvalue weighted by atomic mass is 9.99. The molecular formula is C19H29NO. The molecule has 0 saturated carbocycles. The van der Waals surface area contributed by atoms with Gasteiger partial charge in [0, 0.05) is 11.3 Å². The van der Waals surface area contributed by atoms with Crippen molar-refractivity contribution >= 4 is 11.4 Å². The Kier molecular flexibility index (Phi) is 7.21. The van der Waals surface area contributed by atoms with E-state index in [-0.39, 0.29) is 0 Å². The van der Waals surface area contributed by atoms with Crippen molar-refractivity contribution < 1.29 is 4.74 Å². The summed E-state index contributed by atoms with van der Waals surface area (Å²) in [6, 6.07) is 8.25. The molecule has 0 spiro atoms. The molecule has 2 nitrogen and oxygen atoms in total. The first kappa shape index (κ1) is 17.5. The molecule has 0 aliphatic rings. The lowest BCUT2D eigenvalue weighted by Crippen LogP contribution is -1.97. The van der Waals surface area contributed by atoms with E-state index in [1.54, 1.807) is 0 Å². The first-order valence-corrected chi connectivity index (χ1v) is 7.95. The maximum atomic E-state index is 5.62. The van der Waals surface area contributed by atoms with Crippen LogP contribution in [0.5, 0.6) is 5.75 Å². The third-order valence-corrected chi connectivity index (χ3v) is 3.35. The van der Waals surface area contributed by atoms with Crippen LogP contribution in [-0.4, -0.2) is 12.3 Å². The standard InChI is InChI=1S/C19H29NO/c1-7-16(6)20-19(15(5)12-14(3)4)17-10-9-11-18(13-17)21-8-2/h9-11,13-14H,7-8,12H2,1-6H3/b19-15+,20-16?. The van der Waals surface area contributed by atoms with Crippen LogP contribution < -0.4 is 4.74 Å². The van der Waals surface area contributed by atoms with Crippen molar-refractivity contribution in [2.75, 3.05) is 6.61 Å². The molecule has 0 fully saturated rings. The summed E-state index contributed by atoms with van der Waals surface area (Å²) in [4.78, 5) is 4.86. The monoisotopic (exact) mass is 287 g/mol. The van der Waals surface area contributed by atoms with E-state index in [0.29, 0.717) is 12.5 Å². The van der Waals surface area contributed by atoms with E-state index in [9.17, 15) is 0 Å². The molecule has 1 rings (SSSR count). The smallest absolute Gasteiger partial charge is 0.119 e. The molecule has 0 heterocycles. The van der Waals surface area contributed by atoms with Crippen molar-refractivity contribution in [1.82, 2.24) is 0 Å². The van der Waals surface area contributed by atoms with Crippen LogP contribution in [0.25, 0.3) is 5.70 Å². The normalized spacial score (nSPS) is 13.4. The average molecular weight is 287 g/mol. The van der Waals surface area contributed by atoms with Gasteiger partial charge in [-0.05, 0) is 57.2 Å². The van der Waals surface area contributed by atoms with E-state index in [2.05, 4.69) is 46.8 Å². The molecule has 0 N–H and O–H groups in total. The molecule has 1 aromatic carbocycles. The number of hydrogen-bond acceptors (Lipinski definition) is 2. The molecule has 0 atom stereocenters. The van der Waals surface area contributed by atoms with Crippen molar-refractivity contribution in [1.29, 1.82) is 0 Å². The summed E-state index contributed by atoms with van der Waals surface area (Å²) in [6.07, 6.45) is 2.04. The molecule has 1 aromatic rings. The third-order valence-electron chi connectivity index (χ3n) is 3.35. The fraction of sp³-hybridized carbons (Fsp3) is 0.526. The van der Waals surface area contributed by atoms with E-state index in [0.717, 1.165) is 35.6 Å². The lowest BCUT2D eigenvalue weighted by molar-refractivity contribution is 0.340. The van der Waals surface area contributed by atoms with Crippen LogP contribution in [0.1, 0.15) is 59.9 Å². The zero-order chi connectivity index (χ0) is 15.8. The minimum atomic E-state index is 0.632. The lowest BCUT2D eigenvalue weighted by Gasteiger charge is -2.13. The van der Waals surface area contributed by atoms with E-state index >= 15 is 0 Å². The van der Waals surface area contributed by atoms with Gasteiger partial charge in [0.05, 0.1) is 12.3 Å². The second-order valence-corrected chi connectivity index (χ2v) is 5.89. The highest BCUT2D eigenvalue weighted by molar-refractivity contribution is 5.88. The van der Waals surface area contributed by atoms with Crippen LogP contribution in [-0.2, 0) is 0 Å². The predicted octanol–water partition coefficient (Wildman–Crippen LogP) is 5.73. The number of hydrogen-bond donors (Lipinski definition) is 0. The van der Waals surface area contributed by atoms with Gasteiger partial charge in [0.1, 0.15) is 5.75 Å². The highest BCUT2D eigenvalue weighted by Gasteiger charge is 2.08. The summed E-state index contributed by atoms with van der Waals surface area (Å²) < 4.78 is 5.62. The number of benzene rings is 1. The Labute approximate surface area is 129 Å². The Balaban J connectivity index is 3.26. The summed E-state index contributed by atoms with van der Waals surface area (Å²) in [7, 11) is 0. The third kappa shape index (κ3) is 5.74. The number of allylic oxidation sites excluding steroid dienone is 1. The summed E-state index contributed by atoms with van der Waals surface area (Å²) in [5.74, 6) is 1.54. The molecule has 0 aliphatic heterocycles. The van der Waals surface area contributed by atoms with E-state index in [1.165, 1.54) is 5.57 Å². The SMILES string of the molecule is CCOc1cccc(/C(N=C(C)CC)=C(/C)CC(C)C)c1. The summed E-state index contributed by atoms with van der Waals surface area (Å²) in [5, 5.41) is 0. The van der Waals surface area contributed by atoms with Gasteiger partial charge in [0.15, 0.2) is 0 Å². The molecule has 21 heavy (non-hydrogen) atoms. The van der Waals surface area contributed by atoms with Gasteiger partial charge in [-0.25, -0.2) is 0 Å². The van der Waals surface area contributed by atoms with E-state index < -0.39 is 0 Å². The number of aliphatic imine (C=N–C) groups is 1. The highest BCUT2D eigenvalue weighted by atomic mass is 16.5. The van der Waals surface area contributed by atoms with Gasteiger partial charge >= 0.3 is 0 Å². The van der Waals surface area contributed by atoms with Crippen molar-refractivity contribution in [3.05, 3.63) is 35.4 Å². The predicted molar refractivity (Wildman–Crippen MR) is 93.1 cm³/mol. The first-order chi connectivity index (χ1) is 9.97. The van der Waals surface area contributed by atoms with Gasteiger partial charge < -0.3 is 4.74 Å². The van der Waals surface area contributed by atoms with Gasteiger partial charge in [-0.3, -0.25) is 4.99 Å². The molecule has 0 bridgehead atoms. The molecule has 0 unspecified atom stereocenters. The Morgan fingerprint density at radius 3 is 2.48 bits per heavy atom. The number of ether oxygens (including phenoxy) is 1. The minimum absolute atomic E-state index is 0.632. The Bertz CT molecular complexity index is 512. The zero-order valence-electron chi connectivity index (χ0n) is 14.4. The second-order valence-electron chi connectivity index (χ2n) is 5.89. The summed E-state index contributed by atoms with van der Waals surface area (Å²) in [5.41, 5.74) is 4.75. The fourth-order valence-electron chi connectivity index (χ4n) is 2.29. The second kappa shape index (κ2) is 8.66. The maximum Gasteiger partial charge on any atom is 0.119 e. The molecule has 2 heteroatoms. The van der Waals surface area contributed by atoms with Crippen LogP contribution >= 0.6 is 0 Å². The average Bonchev–Trinajstić information content (AvgIpc) is 2.44. The first-order valence-electron chi connectivity index (χ1n) is 7.95. The van der Waals surface area contributed by atoms with E-state index in [4.69, 9.17) is 9.73 Å². The van der Waals surface area contributed by atoms with Crippen molar-refractivity contribution in [2.45, 2.75) is 54.4 Å². The van der Waals surface area contributed by atoms with Crippen LogP contribution in [0, 0.1) is 5.92 Å². The fourth-order valence-corrected chi connectivity index (χ4v) is 2.29. The van der Waals surface area contributed by atoms with E-state index in [1.807, 2.05) is 19.1 Å². The summed E-state index contributed by atoms with van der Waals surface area (Å²) in [6.45, 7) is 13.6. The van der Waals surface area contributed by atoms with Crippen molar-refractivity contribution in [3.8, 4) is 5.75 Å². The number of nitrogens with zero attached hydrogens (tertiary/aromatic N) is 1. The Morgan fingerprint density at radius 1 is 1.19 bits per heavy atom. The zero-order valence-corrected chi connectivity index (χ0v) is 14.4. The van der Waals surface area contributed by atoms with Gasteiger partial charge in [-0.15, -0.1) is 0 Å². The Morgan fingerprint density at radius 2 is 1.90 bits per heavy atom. The van der Waals surface area contributed by atoms with Crippen LogP contribution in [0.4, 0.5) is 0 Å². The Hall–Kier alpha value is -1.57.